The minimum absolute atomic E-state index is 0.663. The molecule has 1 aromatic carbocycles. The van der Waals surface area contributed by atoms with Gasteiger partial charge in [0, 0.05) is 49.5 Å². The second-order valence-corrected chi connectivity index (χ2v) is 7.50. The van der Waals surface area contributed by atoms with Crippen LogP contribution in [-0.2, 0) is 6.42 Å². The Hall–Kier alpha value is -3.04. The Labute approximate surface area is 171 Å². The molecule has 4 rings (SSSR count). The zero-order chi connectivity index (χ0) is 20.1. The number of hydrogen-bond acceptors (Lipinski definition) is 5. The zero-order valence-electron chi connectivity index (χ0n) is 16.9. The first-order valence-electron chi connectivity index (χ1n) is 10.2. The van der Waals surface area contributed by atoms with Crippen LogP contribution in [0.1, 0.15) is 24.0 Å². The Morgan fingerprint density at radius 3 is 2.83 bits per heavy atom. The van der Waals surface area contributed by atoms with Crippen LogP contribution in [0.3, 0.4) is 0 Å². The average Bonchev–Trinajstić information content (AvgIpc) is 3.19. The van der Waals surface area contributed by atoms with Crippen molar-refractivity contribution in [3.05, 3.63) is 53.9 Å². The summed E-state index contributed by atoms with van der Waals surface area (Å²) in [7, 11) is 1.71. The van der Waals surface area contributed by atoms with Crippen molar-refractivity contribution in [2.75, 3.05) is 44.7 Å². The number of nitriles is 1. The molecule has 1 fully saturated rings. The van der Waals surface area contributed by atoms with Crippen molar-refractivity contribution in [1.82, 2.24) is 14.9 Å². The summed E-state index contributed by atoms with van der Waals surface area (Å²) in [6, 6.07) is 12.1. The summed E-state index contributed by atoms with van der Waals surface area (Å²) < 4.78 is 5.36. The van der Waals surface area contributed by atoms with Crippen LogP contribution in [0.4, 0.5) is 5.82 Å². The lowest BCUT2D eigenvalue weighted by Crippen LogP contribution is -2.47. The highest BCUT2D eigenvalue weighted by molar-refractivity contribution is 5.84. The van der Waals surface area contributed by atoms with Crippen molar-refractivity contribution in [3.63, 3.8) is 0 Å². The third kappa shape index (κ3) is 4.36. The molecule has 0 unspecified atom stereocenters. The number of benzene rings is 1. The number of aromatic nitrogens is 2. The van der Waals surface area contributed by atoms with Crippen molar-refractivity contribution in [2.45, 2.75) is 19.3 Å². The van der Waals surface area contributed by atoms with Gasteiger partial charge < -0.3 is 14.6 Å². The fraction of sp³-hybridized carbons (Fsp3) is 0.391. The van der Waals surface area contributed by atoms with E-state index in [0.29, 0.717) is 5.56 Å². The highest BCUT2D eigenvalue weighted by Crippen LogP contribution is 2.25. The van der Waals surface area contributed by atoms with E-state index in [1.807, 2.05) is 18.2 Å². The van der Waals surface area contributed by atoms with Crippen molar-refractivity contribution in [1.29, 1.82) is 5.26 Å². The number of methoxy groups -OCH3 is 1. The van der Waals surface area contributed by atoms with Gasteiger partial charge in [-0.2, -0.15) is 5.26 Å². The van der Waals surface area contributed by atoms with E-state index in [9.17, 15) is 5.26 Å². The number of hydrogen-bond donors (Lipinski definition) is 1. The Morgan fingerprint density at radius 1 is 1.17 bits per heavy atom. The van der Waals surface area contributed by atoms with Crippen LogP contribution in [-0.4, -0.2) is 54.7 Å². The Kier molecular flexibility index (Phi) is 5.97. The van der Waals surface area contributed by atoms with E-state index >= 15 is 0 Å². The zero-order valence-corrected chi connectivity index (χ0v) is 16.9. The first-order chi connectivity index (χ1) is 14.3. The number of piperazine rings is 1. The lowest BCUT2D eigenvalue weighted by Gasteiger charge is -2.35. The fourth-order valence-electron chi connectivity index (χ4n) is 4.06. The molecule has 3 heterocycles. The van der Waals surface area contributed by atoms with E-state index in [-0.39, 0.29) is 0 Å². The lowest BCUT2D eigenvalue weighted by atomic mass is 10.1. The molecular formula is C23H27N5O. The summed E-state index contributed by atoms with van der Waals surface area (Å²) in [4.78, 5) is 12.5. The Morgan fingerprint density at radius 2 is 2.03 bits per heavy atom. The van der Waals surface area contributed by atoms with Crippen LogP contribution in [0.25, 0.3) is 10.9 Å². The topological polar surface area (TPSA) is 68.2 Å². The predicted octanol–water partition coefficient (Wildman–Crippen LogP) is 3.59. The molecule has 6 nitrogen and oxygen atoms in total. The lowest BCUT2D eigenvalue weighted by molar-refractivity contribution is 0.252. The average molecular weight is 390 g/mol. The van der Waals surface area contributed by atoms with Gasteiger partial charge in [0.2, 0.25) is 0 Å². The van der Waals surface area contributed by atoms with Crippen molar-refractivity contribution in [3.8, 4) is 11.8 Å². The minimum Gasteiger partial charge on any atom is -0.497 e. The number of rotatable bonds is 7. The number of unbranched alkanes of at least 4 members (excludes halogenated alkanes) is 1. The van der Waals surface area contributed by atoms with Crippen LogP contribution in [0.5, 0.6) is 5.75 Å². The van der Waals surface area contributed by atoms with E-state index in [1.54, 1.807) is 13.3 Å². The number of ether oxygens (including phenoxy) is 1. The molecule has 3 aromatic rings. The molecule has 0 aliphatic carbocycles. The summed E-state index contributed by atoms with van der Waals surface area (Å²) in [6.07, 6.45) is 7.32. The number of nitrogens with zero attached hydrogens (tertiary/aromatic N) is 4. The largest absolute Gasteiger partial charge is 0.497 e. The first-order valence-corrected chi connectivity index (χ1v) is 10.2. The van der Waals surface area contributed by atoms with Crippen molar-refractivity contribution in [2.24, 2.45) is 0 Å². The van der Waals surface area contributed by atoms with Gasteiger partial charge in [-0.1, -0.05) is 0 Å². The van der Waals surface area contributed by atoms with Crippen LogP contribution in [0.2, 0.25) is 0 Å². The molecule has 150 valence electrons. The SMILES string of the molecule is COc1ccc2[nH]cc(CCCCN3CCN(c4ncccc4C#N)CC3)c2c1. The summed E-state index contributed by atoms with van der Waals surface area (Å²) in [5.41, 5.74) is 3.20. The maximum atomic E-state index is 9.28. The summed E-state index contributed by atoms with van der Waals surface area (Å²) >= 11 is 0. The van der Waals surface area contributed by atoms with Gasteiger partial charge in [-0.3, -0.25) is 4.90 Å². The quantitative estimate of drug-likeness (QED) is 0.626. The Bertz CT molecular complexity index is 998. The van der Waals surface area contributed by atoms with Gasteiger partial charge in [0.1, 0.15) is 17.6 Å². The van der Waals surface area contributed by atoms with Crippen LogP contribution in [0.15, 0.2) is 42.7 Å². The number of aryl methyl sites for hydroxylation is 1. The number of anilines is 1. The molecule has 6 heteroatoms. The molecule has 29 heavy (non-hydrogen) atoms. The van der Waals surface area contributed by atoms with Gasteiger partial charge in [0.15, 0.2) is 0 Å². The number of nitrogens with one attached hydrogen (secondary N) is 1. The highest BCUT2D eigenvalue weighted by Gasteiger charge is 2.19. The molecule has 0 atom stereocenters. The standard InChI is InChI=1S/C23H27N5O/c1-29-20-7-8-22-21(15-20)19(17-26-22)5-2-3-10-27-11-13-28(14-12-27)23-18(16-24)6-4-9-25-23/h4,6-9,15,17,26H,2-3,5,10-14H2,1H3. The number of fused-ring (bicyclic) bond motifs is 1. The van der Waals surface area contributed by atoms with Crippen LogP contribution >= 0.6 is 0 Å². The van der Waals surface area contributed by atoms with Crippen molar-refractivity contribution < 1.29 is 4.74 Å². The van der Waals surface area contributed by atoms with Gasteiger partial charge in [0.25, 0.3) is 0 Å². The van der Waals surface area contributed by atoms with E-state index in [0.717, 1.165) is 50.7 Å². The molecule has 0 amide bonds. The molecule has 1 aliphatic rings. The van der Waals surface area contributed by atoms with Gasteiger partial charge in [-0.05, 0) is 61.7 Å². The van der Waals surface area contributed by atoms with Gasteiger partial charge >= 0.3 is 0 Å². The van der Waals surface area contributed by atoms with E-state index < -0.39 is 0 Å². The monoisotopic (exact) mass is 389 g/mol. The van der Waals surface area contributed by atoms with E-state index in [4.69, 9.17) is 4.74 Å². The highest BCUT2D eigenvalue weighted by atomic mass is 16.5. The van der Waals surface area contributed by atoms with Gasteiger partial charge in [-0.15, -0.1) is 0 Å². The molecule has 0 spiro atoms. The Balaban J connectivity index is 1.24. The second kappa shape index (κ2) is 8.97. The number of aromatic amines is 1. The molecule has 0 bridgehead atoms. The number of pyridine rings is 1. The number of H-pyrrole nitrogens is 1. The molecule has 1 aliphatic heterocycles. The predicted molar refractivity (Wildman–Crippen MR) is 115 cm³/mol. The molecule has 2 aromatic heterocycles. The van der Waals surface area contributed by atoms with Gasteiger partial charge in [-0.25, -0.2) is 4.98 Å². The van der Waals surface area contributed by atoms with Crippen LogP contribution < -0.4 is 9.64 Å². The summed E-state index contributed by atoms with van der Waals surface area (Å²) in [5, 5.41) is 10.5. The maximum absolute atomic E-state index is 9.28. The molecule has 0 radical (unpaired) electrons. The van der Waals surface area contributed by atoms with E-state index in [2.05, 4.69) is 44.2 Å². The molecular weight excluding hydrogens is 362 g/mol. The molecule has 1 saturated heterocycles. The molecule has 0 saturated carbocycles. The smallest absolute Gasteiger partial charge is 0.146 e. The fourth-order valence-corrected chi connectivity index (χ4v) is 4.06. The summed E-state index contributed by atoms with van der Waals surface area (Å²) in [5.74, 6) is 1.73. The van der Waals surface area contributed by atoms with Gasteiger partial charge in [0.05, 0.1) is 12.7 Å². The minimum atomic E-state index is 0.663. The third-order valence-corrected chi connectivity index (χ3v) is 5.72. The third-order valence-electron chi connectivity index (χ3n) is 5.72. The normalized spacial score (nSPS) is 14.8. The van der Waals surface area contributed by atoms with E-state index in [1.165, 1.54) is 29.3 Å². The maximum Gasteiger partial charge on any atom is 0.146 e. The molecule has 1 N–H and O–H groups in total. The summed E-state index contributed by atoms with van der Waals surface area (Å²) in [6.45, 7) is 5.01. The second-order valence-electron chi connectivity index (χ2n) is 7.50. The van der Waals surface area contributed by atoms with Crippen molar-refractivity contribution >= 4 is 16.7 Å². The van der Waals surface area contributed by atoms with Crippen LogP contribution in [0, 0.1) is 11.3 Å². The first kappa shape index (κ1) is 19.3.